The zero-order valence-corrected chi connectivity index (χ0v) is 10.3. The first kappa shape index (κ1) is 12.4. The first-order valence-electron chi connectivity index (χ1n) is 3.97. The predicted octanol–water partition coefficient (Wildman–Crippen LogP) is 1.61. The Morgan fingerprint density at radius 3 is 2.80 bits per heavy atom. The number of hydrogen-bond acceptors (Lipinski definition) is 4. The molecular weight excluding hydrogens is 284 g/mol. The molecule has 0 amide bonds. The fourth-order valence-electron chi connectivity index (χ4n) is 1.06. The number of benzene rings is 1. The van der Waals surface area contributed by atoms with Crippen molar-refractivity contribution in [2.75, 3.05) is 7.11 Å². The van der Waals surface area contributed by atoms with E-state index >= 15 is 0 Å². The van der Waals surface area contributed by atoms with E-state index in [1.165, 1.54) is 13.2 Å². The smallest absolute Gasteiger partial charge is 0.337 e. The molecule has 0 saturated carbocycles. The van der Waals surface area contributed by atoms with Crippen molar-refractivity contribution < 1.29 is 18.3 Å². The van der Waals surface area contributed by atoms with Crippen LogP contribution in [0.2, 0.25) is 0 Å². The fraction of sp³-hybridized carbons (Fsp3) is 0.222. The predicted molar refractivity (Wildman–Crippen MR) is 58.1 cm³/mol. The molecule has 1 unspecified atom stereocenters. The van der Waals surface area contributed by atoms with E-state index in [2.05, 4.69) is 20.7 Å². The van der Waals surface area contributed by atoms with E-state index < -0.39 is 17.0 Å². The van der Waals surface area contributed by atoms with Gasteiger partial charge in [0.1, 0.15) is 0 Å². The van der Waals surface area contributed by atoms with Crippen molar-refractivity contribution in [3.05, 3.63) is 33.8 Å². The molecule has 0 aliphatic rings. The Morgan fingerprint density at radius 2 is 2.27 bits per heavy atom. The van der Waals surface area contributed by atoms with E-state index in [1.807, 2.05) is 0 Å². The molecule has 0 aliphatic heterocycles. The molecule has 0 fully saturated rings. The lowest BCUT2D eigenvalue weighted by Crippen LogP contribution is -2.03. The van der Waals surface area contributed by atoms with E-state index in [0.717, 1.165) is 0 Å². The normalized spacial score (nSPS) is 12.2. The maximum Gasteiger partial charge on any atom is 0.337 e. The van der Waals surface area contributed by atoms with Crippen molar-refractivity contribution in [1.82, 2.24) is 0 Å². The van der Waals surface area contributed by atoms with Crippen molar-refractivity contribution in [2.45, 2.75) is 5.75 Å². The lowest BCUT2D eigenvalue weighted by Gasteiger charge is -2.08. The summed E-state index contributed by atoms with van der Waals surface area (Å²) >= 11 is 1.02. The Balaban J connectivity index is 3.05. The highest BCUT2D eigenvalue weighted by atomic mass is 79.9. The van der Waals surface area contributed by atoms with Gasteiger partial charge in [-0.3, -0.25) is 4.21 Å². The summed E-state index contributed by atoms with van der Waals surface area (Å²) in [6.45, 7) is 0. The van der Waals surface area contributed by atoms with Gasteiger partial charge in [-0.15, -0.1) is 0 Å². The molecule has 1 aromatic carbocycles. The Hall–Kier alpha value is -0.720. The molecule has 1 atom stereocenters. The summed E-state index contributed by atoms with van der Waals surface area (Å²) in [5, 5.41) is 0. The molecule has 0 saturated heterocycles. The zero-order valence-electron chi connectivity index (χ0n) is 7.86. The van der Waals surface area contributed by atoms with Crippen molar-refractivity contribution in [3.63, 3.8) is 0 Å². The molecule has 6 heteroatoms. The van der Waals surface area contributed by atoms with Crippen LogP contribution < -0.4 is 0 Å². The van der Waals surface area contributed by atoms with Crippen LogP contribution in [0.1, 0.15) is 15.9 Å². The Labute approximate surface area is 98.0 Å². The summed E-state index contributed by atoms with van der Waals surface area (Å²) in [6, 6.07) is 4.67. The number of ether oxygens (including phenoxy) is 1. The van der Waals surface area contributed by atoms with Crippen LogP contribution in [0.4, 0.5) is 0 Å². The summed E-state index contributed by atoms with van der Waals surface area (Å²) in [7, 11) is 1.27. The van der Waals surface area contributed by atoms with Crippen molar-refractivity contribution in [1.29, 1.82) is 0 Å². The second-order valence-electron chi connectivity index (χ2n) is 2.75. The lowest BCUT2D eigenvalue weighted by molar-refractivity contribution is 0.0600. The highest BCUT2D eigenvalue weighted by Crippen LogP contribution is 2.20. The van der Waals surface area contributed by atoms with E-state index in [1.54, 1.807) is 12.1 Å². The van der Waals surface area contributed by atoms with E-state index in [9.17, 15) is 13.6 Å². The van der Waals surface area contributed by atoms with Crippen LogP contribution in [0, 0.1) is 0 Å². The number of hydrogen-bond donors (Lipinski definition) is 0. The van der Waals surface area contributed by atoms with Crippen LogP contribution in [0.3, 0.4) is 0 Å². The molecule has 1 rings (SSSR count). The second kappa shape index (κ2) is 5.39. The van der Waals surface area contributed by atoms with Crippen LogP contribution in [0.5, 0.6) is 0 Å². The molecule has 1 aromatic rings. The maximum absolute atomic E-state index is 11.2. The molecule has 0 aliphatic carbocycles. The van der Waals surface area contributed by atoms with Gasteiger partial charge < -0.3 is 9.29 Å². The van der Waals surface area contributed by atoms with Crippen LogP contribution in [-0.2, 0) is 21.6 Å². The molecule has 0 radical (unpaired) electrons. The van der Waals surface area contributed by atoms with Gasteiger partial charge in [-0.2, -0.15) is 0 Å². The van der Waals surface area contributed by atoms with Crippen LogP contribution in [0.25, 0.3) is 0 Å². The average Bonchev–Trinajstić information content (AvgIpc) is 2.19. The second-order valence-corrected chi connectivity index (χ2v) is 4.50. The van der Waals surface area contributed by atoms with Crippen molar-refractivity contribution >= 4 is 33.0 Å². The third-order valence-corrected chi connectivity index (χ3v) is 3.06. The third-order valence-electron chi connectivity index (χ3n) is 1.74. The summed E-state index contributed by atoms with van der Waals surface area (Å²) in [6.07, 6.45) is 0. The zero-order chi connectivity index (χ0) is 11.4. The van der Waals surface area contributed by atoms with Gasteiger partial charge in [-0.1, -0.05) is 27.0 Å². The number of carbonyl (C=O) groups excluding carboxylic acids is 1. The van der Waals surface area contributed by atoms with Gasteiger partial charge in [0.05, 0.1) is 12.7 Å². The maximum atomic E-state index is 11.2. The molecular formula is C9H8BrO4S-. The van der Waals surface area contributed by atoms with Gasteiger partial charge in [-0.25, -0.2) is 4.79 Å². The number of halogens is 1. The number of esters is 1. The summed E-state index contributed by atoms with van der Waals surface area (Å²) in [4.78, 5) is 11.2. The van der Waals surface area contributed by atoms with E-state index in [-0.39, 0.29) is 5.75 Å². The molecule has 82 valence electrons. The number of rotatable bonds is 3. The number of carbonyl (C=O) groups is 1. The SMILES string of the molecule is COC(=O)c1ccc(Br)c(CS(=O)[O-])c1. The third kappa shape index (κ3) is 3.40. The first-order valence-corrected chi connectivity index (χ1v) is 6.01. The highest BCUT2D eigenvalue weighted by Gasteiger charge is 2.08. The number of methoxy groups -OCH3 is 1. The van der Waals surface area contributed by atoms with Crippen molar-refractivity contribution in [2.24, 2.45) is 0 Å². The minimum atomic E-state index is -2.18. The quantitative estimate of drug-likeness (QED) is 0.627. The van der Waals surface area contributed by atoms with E-state index in [4.69, 9.17) is 0 Å². The summed E-state index contributed by atoms with van der Waals surface area (Å²) in [5.74, 6) is -0.619. The van der Waals surface area contributed by atoms with Gasteiger partial charge in [0.2, 0.25) is 0 Å². The van der Waals surface area contributed by atoms with E-state index in [0.29, 0.717) is 15.6 Å². The summed E-state index contributed by atoms with van der Waals surface area (Å²) < 4.78 is 26.2. The molecule has 4 nitrogen and oxygen atoms in total. The van der Waals surface area contributed by atoms with Crippen LogP contribution >= 0.6 is 15.9 Å². The lowest BCUT2D eigenvalue weighted by atomic mass is 10.1. The van der Waals surface area contributed by atoms with Gasteiger partial charge >= 0.3 is 5.97 Å². The molecule has 0 spiro atoms. The van der Waals surface area contributed by atoms with Gasteiger partial charge in [0, 0.05) is 10.2 Å². The van der Waals surface area contributed by atoms with Gasteiger partial charge in [-0.05, 0) is 23.8 Å². The standard InChI is InChI=1S/C9H9BrO4S/c1-14-9(11)6-2-3-8(10)7(4-6)5-15(12)13/h2-4H,5H2,1H3,(H,12,13)/p-1. The minimum Gasteiger partial charge on any atom is -0.772 e. The molecule has 0 bridgehead atoms. The Bertz CT molecular complexity index is 405. The van der Waals surface area contributed by atoms with Gasteiger partial charge in [0.25, 0.3) is 0 Å². The van der Waals surface area contributed by atoms with Gasteiger partial charge in [0.15, 0.2) is 0 Å². The highest BCUT2D eigenvalue weighted by molar-refractivity contribution is 9.10. The molecule has 0 aromatic heterocycles. The van der Waals surface area contributed by atoms with Crippen LogP contribution in [-0.4, -0.2) is 21.8 Å². The molecule has 15 heavy (non-hydrogen) atoms. The average molecular weight is 292 g/mol. The minimum absolute atomic E-state index is 0.134. The largest absolute Gasteiger partial charge is 0.772 e. The Morgan fingerprint density at radius 1 is 1.60 bits per heavy atom. The first-order chi connectivity index (χ1) is 7.04. The molecule has 0 N–H and O–H groups in total. The molecule has 0 heterocycles. The van der Waals surface area contributed by atoms with Crippen LogP contribution in [0.15, 0.2) is 22.7 Å². The van der Waals surface area contributed by atoms with Crippen molar-refractivity contribution in [3.8, 4) is 0 Å². The summed E-state index contributed by atoms with van der Waals surface area (Å²) in [5.41, 5.74) is 0.868. The Kier molecular flexibility index (Phi) is 4.44. The monoisotopic (exact) mass is 291 g/mol. The fourth-order valence-corrected chi connectivity index (χ4v) is 2.12. The topological polar surface area (TPSA) is 66.4 Å².